The number of hydrogen-bond acceptors (Lipinski definition) is 5. The zero-order valence-electron chi connectivity index (χ0n) is 14.1. The smallest absolute Gasteiger partial charge is 0.115 e. The SMILES string of the molecule is C[C@H](NCC(O)CN[C@@H](C)c1ccc(O)cc1)c1ccc(O)cc1. The summed E-state index contributed by atoms with van der Waals surface area (Å²) >= 11 is 0. The predicted octanol–water partition coefficient (Wildman–Crippen LogP) is 2.46. The summed E-state index contributed by atoms with van der Waals surface area (Å²) < 4.78 is 0. The Kier molecular flexibility index (Phi) is 6.61. The van der Waals surface area contributed by atoms with E-state index in [9.17, 15) is 15.3 Å². The van der Waals surface area contributed by atoms with Crippen LogP contribution in [0.1, 0.15) is 37.1 Å². The van der Waals surface area contributed by atoms with Crippen molar-refractivity contribution >= 4 is 0 Å². The largest absolute Gasteiger partial charge is 0.508 e. The highest BCUT2D eigenvalue weighted by atomic mass is 16.3. The number of aromatic hydroxyl groups is 2. The fourth-order valence-electron chi connectivity index (χ4n) is 2.46. The molecule has 0 unspecified atom stereocenters. The van der Waals surface area contributed by atoms with E-state index in [0.29, 0.717) is 13.1 Å². The zero-order valence-corrected chi connectivity index (χ0v) is 14.1. The molecule has 0 heterocycles. The van der Waals surface area contributed by atoms with Gasteiger partial charge < -0.3 is 26.0 Å². The summed E-state index contributed by atoms with van der Waals surface area (Å²) in [5.74, 6) is 0.497. The van der Waals surface area contributed by atoms with Crippen LogP contribution >= 0.6 is 0 Å². The maximum absolute atomic E-state index is 10.1. The Bertz CT molecular complexity index is 558. The molecule has 24 heavy (non-hydrogen) atoms. The molecule has 0 bridgehead atoms. The standard InChI is InChI=1S/C19H26N2O3/c1-13(15-3-7-17(22)8-4-15)20-11-19(24)12-21-14(2)16-5-9-18(23)10-6-16/h3-10,13-14,19-24H,11-12H2,1-2H3/t13-,14-/m0/s1. The van der Waals surface area contributed by atoms with Gasteiger partial charge in [0, 0.05) is 25.2 Å². The fourth-order valence-corrected chi connectivity index (χ4v) is 2.46. The van der Waals surface area contributed by atoms with Gasteiger partial charge >= 0.3 is 0 Å². The molecule has 0 aliphatic carbocycles. The van der Waals surface area contributed by atoms with Crippen LogP contribution in [0.4, 0.5) is 0 Å². The van der Waals surface area contributed by atoms with Crippen LogP contribution in [0.15, 0.2) is 48.5 Å². The van der Waals surface area contributed by atoms with E-state index in [0.717, 1.165) is 11.1 Å². The van der Waals surface area contributed by atoms with Gasteiger partial charge in [-0.3, -0.25) is 0 Å². The molecule has 0 saturated heterocycles. The third-order valence-corrected chi connectivity index (χ3v) is 4.11. The van der Waals surface area contributed by atoms with Crippen LogP contribution in [0.3, 0.4) is 0 Å². The summed E-state index contributed by atoms with van der Waals surface area (Å²) in [6, 6.07) is 14.3. The fraction of sp³-hybridized carbons (Fsp3) is 0.368. The Morgan fingerprint density at radius 1 is 0.708 bits per heavy atom. The van der Waals surface area contributed by atoms with Gasteiger partial charge in [-0.15, -0.1) is 0 Å². The van der Waals surface area contributed by atoms with E-state index in [1.54, 1.807) is 24.3 Å². The Morgan fingerprint density at radius 2 is 1.04 bits per heavy atom. The number of aliphatic hydroxyl groups is 1. The van der Waals surface area contributed by atoms with Crippen LogP contribution in [-0.4, -0.2) is 34.5 Å². The highest BCUT2D eigenvalue weighted by molar-refractivity contribution is 5.28. The van der Waals surface area contributed by atoms with E-state index in [2.05, 4.69) is 10.6 Å². The lowest BCUT2D eigenvalue weighted by atomic mass is 10.1. The Labute approximate surface area is 143 Å². The minimum Gasteiger partial charge on any atom is -0.508 e. The molecule has 0 saturated carbocycles. The van der Waals surface area contributed by atoms with Gasteiger partial charge in [0.05, 0.1) is 6.10 Å². The molecule has 5 nitrogen and oxygen atoms in total. The molecule has 2 atom stereocenters. The number of rotatable bonds is 8. The van der Waals surface area contributed by atoms with Crippen LogP contribution < -0.4 is 10.6 Å². The lowest BCUT2D eigenvalue weighted by molar-refractivity contribution is 0.161. The predicted molar refractivity (Wildman–Crippen MR) is 95.1 cm³/mol. The van der Waals surface area contributed by atoms with Crippen molar-refractivity contribution in [2.45, 2.75) is 32.0 Å². The van der Waals surface area contributed by atoms with Crippen molar-refractivity contribution in [1.29, 1.82) is 0 Å². The van der Waals surface area contributed by atoms with Crippen molar-refractivity contribution in [2.24, 2.45) is 0 Å². The van der Waals surface area contributed by atoms with E-state index in [4.69, 9.17) is 0 Å². The second-order valence-electron chi connectivity index (χ2n) is 6.10. The van der Waals surface area contributed by atoms with Crippen LogP contribution in [0, 0.1) is 0 Å². The first-order valence-electron chi connectivity index (χ1n) is 8.18. The lowest BCUT2D eigenvalue weighted by Gasteiger charge is -2.20. The van der Waals surface area contributed by atoms with Crippen molar-refractivity contribution in [1.82, 2.24) is 10.6 Å². The summed E-state index contributed by atoms with van der Waals surface area (Å²) in [4.78, 5) is 0. The molecule has 0 aliphatic rings. The van der Waals surface area contributed by atoms with Gasteiger partial charge in [0.15, 0.2) is 0 Å². The molecule has 2 rings (SSSR count). The molecule has 130 valence electrons. The molecule has 2 aromatic rings. The average Bonchev–Trinajstić information content (AvgIpc) is 2.58. The van der Waals surface area contributed by atoms with Crippen molar-refractivity contribution in [2.75, 3.05) is 13.1 Å². The molecular weight excluding hydrogens is 304 g/mol. The second kappa shape index (κ2) is 8.68. The molecule has 0 aliphatic heterocycles. The van der Waals surface area contributed by atoms with Crippen LogP contribution in [0.25, 0.3) is 0 Å². The number of benzene rings is 2. The summed E-state index contributed by atoms with van der Waals surface area (Å²) in [7, 11) is 0. The molecule has 0 amide bonds. The summed E-state index contributed by atoms with van der Waals surface area (Å²) in [6.45, 7) is 4.98. The first kappa shape index (κ1) is 18.3. The summed E-state index contributed by atoms with van der Waals surface area (Å²) in [5.41, 5.74) is 2.12. The third kappa shape index (κ3) is 5.53. The number of aliphatic hydroxyl groups excluding tert-OH is 1. The molecule has 5 N–H and O–H groups in total. The maximum atomic E-state index is 10.1. The zero-order chi connectivity index (χ0) is 17.5. The lowest BCUT2D eigenvalue weighted by Crippen LogP contribution is -2.37. The van der Waals surface area contributed by atoms with E-state index in [1.807, 2.05) is 38.1 Å². The molecule has 0 radical (unpaired) electrons. The molecule has 0 spiro atoms. The van der Waals surface area contributed by atoms with Crippen molar-refractivity contribution in [3.8, 4) is 11.5 Å². The monoisotopic (exact) mass is 330 g/mol. The van der Waals surface area contributed by atoms with Gasteiger partial charge in [0.1, 0.15) is 11.5 Å². The van der Waals surface area contributed by atoms with Gasteiger partial charge in [0.2, 0.25) is 0 Å². The number of phenolic OH excluding ortho intramolecular Hbond substituents is 2. The van der Waals surface area contributed by atoms with Crippen molar-refractivity contribution in [3.63, 3.8) is 0 Å². The topological polar surface area (TPSA) is 84.8 Å². The quantitative estimate of drug-likeness (QED) is 0.513. The highest BCUT2D eigenvalue weighted by Gasteiger charge is 2.11. The Balaban J connectivity index is 1.73. The van der Waals surface area contributed by atoms with Gasteiger partial charge in [0.25, 0.3) is 0 Å². The molecule has 5 heteroatoms. The van der Waals surface area contributed by atoms with Gasteiger partial charge in [-0.2, -0.15) is 0 Å². The average molecular weight is 330 g/mol. The molecule has 2 aromatic carbocycles. The maximum Gasteiger partial charge on any atom is 0.115 e. The van der Waals surface area contributed by atoms with Gasteiger partial charge in [-0.05, 0) is 49.2 Å². The van der Waals surface area contributed by atoms with E-state index in [1.165, 1.54) is 0 Å². The van der Waals surface area contributed by atoms with Gasteiger partial charge in [-0.25, -0.2) is 0 Å². The minimum absolute atomic E-state index is 0.0924. The van der Waals surface area contributed by atoms with Crippen LogP contribution in [0.2, 0.25) is 0 Å². The first-order chi connectivity index (χ1) is 11.5. The van der Waals surface area contributed by atoms with Crippen LogP contribution in [0.5, 0.6) is 11.5 Å². The number of hydrogen-bond donors (Lipinski definition) is 5. The highest BCUT2D eigenvalue weighted by Crippen LogP contribution is 2.17. The van der Waals surface area contributed by atoms with Crippen LogP contribution in [-0.2, 0) is 0 Å². The summed E-state index contributed by atoms with van der Waals surface area (Å²) in [6.07, 6.45) is -0.510. The molecule has 0 fully saturated rings. The normalized spacial score (nSPS) is 13.8. The Hall–Kier alpha value is -2.08. The number of nitrogens with one attached hydrogen (secondary N) is 2. The van der Waals surface area contributed by atoms with E-state index >= 15 is 0 Å². The Morgan fingerprint density at radius 3 is 1.38 bits per heavy atom. The molecule has 0 aromatic heterocycles. The minimum atomic E-state index is -0.510. The summed E-state index contributed by atoms with van der Waals surface area (Å²) in [5, 5.41) is 35.3. The first-order valence-corrected chi connectivity index (χ1v) is 8.18. The second-order valence-corrected chi connectivity index (χ2v) is 6.10. The van der Waals surface area contributed by atoms with Crippen molar-refractivity contribution < 1.29 is 15.3 Å². The van der Waals surface area contributed by atoms with Crippen molar-refractivity contribution in [3.05, 3.63) is 59.7 Å². The van der Waals surface area contributed by atoms with Gasteiger partial charge in [-0.1, -0.05) is 24.3 Å². The number of phenols is 2. The third-order valence-electron chi connectivity index (χ3n) is 4.11. The molecular formula is C19H26N2O3. The van der Waals surface area contributed by atoms with E-state index in [-0.39, 0.29) is 23.6 Å². The van der Waals surface area contributed by atoms with E-state index < -0.39 is 6.10 Å².